The van der Waals surface area contributed by atoms with Crippen molar-refractivity contribution in [2.24, 2.45) is 5.92 Å². The van der Waals surface area contributed by atoms with Gasteiger partial charge in [0.25, 0.3) is 0 Å². The number of carbonyl (C=O) groups excluding carboxylic acids is 1. The van der Waals surface area contributed by atoms with Crippen molar-refractivity contribution in [3.05, 3.63) is 24.3 Å². The Balaban J connectivity index is 1.61. The van der Waals surface area contributed by atoms with Gasteiger partial charge in [-0.2, -0.15) is 0 Å². The SMILES string of the molecule is COc1ccccc1NC(=O)CNCCCC1CCCC1. The molecule has 0 heterocycles. The Morgan fingerprint density at radius 1 is 1.29 bits per heavy atom. The van der Waals surface area contributed by atoms with Crippen LogP contribution in [0.15, 0.2) is 24.3 Å². The Morgan fingerprint density at radius 3 is 2.81 bits per heavy atom. The fourth-order valence-corrected chi connectivity index (χ4v) is 2.96. The zero-order valence-corrected chi connectivity index (χ0v) is 12.9. The van der Waals surface area contributed by atoms with Gasteiger partial charge < -0.3 is 15.4 Å². The lowest BCUT2D eigenvalue weighted by Gasteiger charge is -2.11. The molecule has 2 rings (SSSR count). The molecule has 1 saturated carbocycles. The Morgan fingerprint density at radius 2 is 2.05 bits per heavy atom. The molecule has 1 aromatic rings. The second-order valence-electron chi connectivity index (χ2n) is 5.72. The van der Waals surface area contributed by atoms with Crippen LogP contribution in [0.3, 0.4) is 0 Å². The lowest BCUT2D eigenvalue weighted by molar-refractivity contribution is -0.115. The maximum Gasteiger partial charge on any atom is 0.238 e. The fraction of sp³-hybridized carbons (Fsp3) is 0.588. The molecular weight excluding hydrogens is 264 g/mol. The summed E-state index contributed by atoms with van der Waals surface area (Å²) in [6.45, 7) is 1.26. The fourth-order valence-electron chi connectivity index (χ4n) is 2.96. The van der Waals surface area contributed by atoms with E-state index in [1.54, 1.807) is 7.11 Å². The minimum atomic E-state index is -0.0274. The van der Waals surface area contributed by atoms with Crippen molar-refractivity contribution in [3.8, 4) is 5.75 Å². The van der Waals surface area contributed by atoms with Crippen molar-refractivity contribution in [3.63, 3.8) is 0 Å². The van der Waals surface area contributed by atoms with Gasteiger partial charge in [0.2, 0.25) is 5.91 Å². The molecule has 1 amide bonds. The zero-order chi connectivity index (χ0) is 14.9. The van der Waals surface area contributed by atoms with Gasteiger partial charge in [-0.25, -0.2) is 0 Å². The summed E-state index contributed by atoms with van der Waals surface area (Å²) in [7, 11) is 1.60. The van der Waals surface area contributed by atoms with Crippen LogP contribution < -0.4 is 15.4 Å². The third kappa shape index (κ3) is 5.38. The zero-order valence-electron chi connectivity index (χ0n) is 12.9. The summed E-state index contributed by atoms with van der Waals surface area (Å²) in [5, 5.41) is 6.08. The van der Waals surface area contributed by atoms with E-state index in [0.717, 1.165) is 24.6 Å². The van der Waals surface area contributed by atoms with E-state index in [4.69, 9.17) is 4.74 Å². The molecule has 0 unspecified atom stereocenters. The van der Waals surface area contributed by atoms with E-state index in [0.29, 0.717) is 12.3 Å². The second kappa shape index (κ2) is 8.67. The van der Waals surface area contributed by atoms with Crippen molar-refractivity contribution in [1.82, 2.24) is 5.32 Å². The van der Waals surface area contributed by atoms with Crippen LogP contribution in [0, 0.1) is 5.92 Å². The number of ether oxygens (including phenoxy) is 1. The predicted octanol–water partition coefficient (Wildman–Crippen LogP) is 3.19. The van der Waals surface area contributed by atoms with Gasteiger partial charge in [0, 0.05) is 0 Å². The van der Waals surface area contributed by atoms with E-state index in [1.165, 1.54) is 32.1 Å². The lowest BCUT2D eigenvalue weighted by atomic mass is 10.0. The average Bonchev–Trinajstić information content (AvgIpc) is 3.01. The Kier molecular flexibility index (Phi) is 6.54. The highest BCUT2D eigenvalue weighted by Crippen LogP contribution is 2.28. The van der Waals surface area contributed by atoms with Gasteiger partial charge in [-0.05, 0) is 37.4 Å². The number of nitrogens with one attached hydrogen (secondary N) is 2. The molecule has 116 valence electrons. The summed E-state index contributed by atoms with van der Waals surface area (Å²) in [6, 6.07) is 7.45. The molecule has 0 atom stereocenters. The van der Waals surface area contributed by atoms with Crippen LogP contribution in [0.5, 0.6) is 5.75 Å². The number of anilines is 1. The first-order chi connectivity index (χ1) is 10.3. The summed E-state index contributed by atoms with van der Waals surface area (Å²) >= 11 is 0. The first-order valence-corrected chi connectivity index (χ1v) is 7.93. The average molecular weight is 290 g/mol. The molecule has 1 aliphatic carbocycles. The van der Waals surface area contributed by atoms with Gasteiger partial charge in [-0.15, -0.1) is 0 Å². The first-order valence-electron chi connectivity index (χ1n) is 7.93. The number of hydrogen-bond donors (Lipinski definition) is 2. The summed E-state index contributed by atoms with van der Waals surface area (Å²) in [5.74, 6) is 1.58. The number of methoxy groups -OCH3 is 1. The molecule has 1 fully saturated rings. The molecular formula is C17H26N2O2. The van der Waals surface area contributed by atoms with E-state index in [9.17, 15) is 4.79 Å². The van der Waals surface area contributed by atoms with Crippen LogP contribution in [0.2, 0.25) is 0 Å². The van der Waals surface area contributed by atoms with Gasteiger partial charge in [0.15, 0.2) is 0 Å². The molecule has 4 nitrogen and oxygen atoms in total. The minimum Gasteiger partial charge on any atom is -0.495 e. The van der Waals surface area contributed by atoms with Crippen molar-refractivity contribution in [2.75, 3.05) is 25.5 Å². The van der Waals surface area contributed by atoms with Crippen molar-refractivity contribution in [2.45, 2.75) is 38.5 Å². The first kappa shape index (κ1) is 15.8. The maximum absolute atomic E-state index is 11.9. The van der Waals surface area contributed by atoms with Crippen LogP contribution in [0.4, 0.5) is 5.69 Å². The number of amides is 1. The maximum atomic E-state index is 11.9. The third-order valence-electron chi connectivity index (χ3n) is 4.11. The number of para-hydroxylation sites is 2. The number of rotatable bonds is 8. The van der Waals surface area contributed by atoms with E-state index in [-0.39, 0.29) is 5.91 Å². The molecule has 2 N–H and O–H groups in total. The second-order valence-corrected chi connectivity index (χ2v) is 5.72. The molecule has 21 heavy (non-hydrogen) atoms. The standard InChI is InChI=1S/C17H26N2O2/c1-21-16-11-5-4-10-15(16)19-17(20)13-18-12-6-9-14-7-2-3-8-14/h4-5,10-11,14,18H,2-3,6-9,12-13H2,1H3,(H,19,20). The van der Waals surface area contributed by atoms with E-state index in [1.807, 2.05) is 24.3 Å². The molecule has 0 radical (unpaired) electrons. The Labute approximate surface area is 127 Å². The molecule has 1 aromatic carbocycles. The van der Waals surface area contributed by atoms with Crippen LogP contribution in [-0.2, 0) is 4.79 Å². The molecule has 0 aliphatic heterocycles. The van der Waals surface area contributed by atoms with Gasteiger partial charge in [-0.3, -0.25) is 4.79 Å². The molecule has 0 saturated heterocycles. The smallest absolute Gasteiger partial charge is 0.238 e. The Hall–Kier alpha value is -1.55. The van der Waals surface area contributed by atoms with Gasteiger partial charge in [0.05, 0.1) is 19.3 Å². The van der Waals surface area contributed by atoms with Crippen molar-refractivity contribution < 1.29 is 9.53 Å². The molecule has 0 bridgehead atoms. The summed E-state index contributed by atoms with van der Waals surface area (Å²) in [5.41, 5.74) is 0.720. The number of hydrogen-bond acceptors (Lipinski definition) is 3. The third-order valence-corrected chi connectivity index (χ3v) is 4.11. The largest absolute Gasteiger partial charge is 0.495 e. The molecule has 4 heteroatoms. The summed E-state index contributed by atoms with van der Waals surface area (Å²) in [4.78, 5) is 11.9. The van der Waals surface area contributed by atoms with Crippen molar-refractivity contribution in [1.29, 1.82) is 0 Å². The van der Waals surface area contributed by atoms with Gasteiger partial charge in [0.1, 0.15) is 5.75 Å². The number of benzene rings is 1. The summed E-state index contributed by atoms with van der Waals surface area (Å²) in [6.07, 6.45) is 8.05. The summed E-state index contributed by atoms with van der Waals surface area (Å²) < 4.78 is 5.21. The van der Waals surface area contributed by atoms with Crippen LogP contribution >= 0.6 is 0 Å². The highest BCUT2D eigenvalue weighted by molar-refractivity contribution is 5.93. The quantitative estimate of drug-likeness (QED) is 0.723. The molecule has 0 aromatic heterocycles. The Bertz CT molecular complexity index is 442. The van der Waals surface area contributed by atoms with Crippen molar-refractivity contribution >= 4 is 11.6 Å². The lowest BCUT2D eigenvalue weighted by Crippen LogP contribution is -2.29. The van der Waals surface area contributed by atoms with Crippen LogP contribution in [-0.4, -0.2) is 26.1 Å². The monoisotopic (exact) mass is 290 g/mol. The van der Waals surface area contributed by atoms with E-state index >= 15 is 0 Å². The van der Waals surface area contributed by atoms with Gasteiger partial charge in [-0.1, -0.05) is 37.8 Å². The highest BCUT2D eigenvalue weighted by Gasteiger charge is 2.14. The number of carbonyl (C=O) groups is 1. The van der Waals surface area contributed by atoms with E-state index in [2.05, 4.69) is 10.6 Å². The van der Waals surface area contributed by atoms with Gasteiger partial charge >= 0.3 is 0 Å². The minimum absolute atomic E-state index is 0.0274. The predicted molar refractivity (Wildman–Crippen MR) is 85.7 cm³/mol. The van der Waals surface area contributed by atoms with Crippen LogP contribution in [0.25, 0.3) is 0 Å². The van der Waals surface area contributed by atoms with E-state index < -0.39 is 0 Å². The topological polar surface area (TPSA) is 50.4 Å². The normalized spacial score (nSPS) is 15.1. The molecule has 1 aliphatic rings. The van der Waals surface area contributed by atoms with Crippen LogP contribution in [0.1, 0.15) is 38.5 Å². The molecule has 0 spiro atoms. The highest BCUT2D eigenvalue weighted by atomic mass is 16.5.